The molecule has 0 aliphatic heterocycles. The average molecular weight is 357 g/mol. The van der Waals surface area contributed by atoms with Crippen LogP contribution in [0.15, 0.2) is 33.5 Å². The number of H-pyrrole nitrogens is 1. The van der Waals surface area contributed by atoms with Gasteiger partial charge in [-0.15, -0.1) is 0 Å². The van der Waals surface area contributed by atoms with Crippen LogP contribution in [0.5, 0.6) is 0 Å². The van der Waals surface area contributed by atoms with Gasteiger partial charge in [-0.25, -0.2) is 13.8 Å². The summed E-state index contributed by atoms with van der Waals surface area (Å²) in [6.07, 6.45) is -2.51. The largest absolute Gasteiger partial charge is 0.306 e. The minimum atomic E-state index is -2.51. The van der Waals surface area contributed by atoms with Gasteiger partial charge in [0.15, 0.2) is 0 Å². The summed E-state index contributed by atoms with van der Waals surface area (Å²) in [6.45, 7) is 5.84. The van der Waals surface area contributed by atoms with Gasteiger partial charge in [0, 0.05) is 16.5 Å². The second-order valence-corrected chi connectivity index (χ2v) is 6.54. The summed E-state index contributed by atoms with van der Waals surface area (Å²) in [4.78, 5) is 19.1. The number of hydrogen-bond acceptors (Lipinski definition) is 2. The fraction of sp³-hybridized carbons (Fsp3) is 0.333. The Bertz CT molecular complexity index is 703. The Morgan fingerprint density at radius 3 is 2.24 bits per heavy atom. The van der Waals surface area contributed by atoms with Crippen molar-refractivity contribution in [2.45, 2.75) is 32.6 Å². The minimum absolute atomic E-state index is 0.0609. The Balaban J connectivity index is 2.55. The van der Waals surface area contributed by atoms with Crippen molar-refractivity contribution in [3.8, 4) is 11.4 Å². The Morgan fingerprint density at radius 1 is 1.19 bits per heavy atom. The van der Waals surface area contributed by atoms with E-state index in [0.29, 0.717) is 21.6 Å². The van der Waals surface area contributed by atoms with Crippen LogP contribution in [0, 0.1) is 0 Å². The second-order valence-electron chi connectivity index (χ2n) is 5.75. The third-order valence-corrected chi connectivity index (χ3v) is 3.74. The van der Waals surface area contributed by atoms with E-state index in [4.69, 9.17) is 0 Å². The lowest BCUT2D eigenvalue weighted by Crippen LogP contribution is -2.22. The van der Waals surface area contributed by atoms with Crippen LogP contribution in [0.4, 0.5) is 8.78 Å². The number of nitrogens with one attached hydrogen (secondary N) is 1. The lowest BCUT2D eigenvalue weighted by molar-refractivity contribution is 0.151. The molecule has 0 aliphatic carbocycles. The summed E-state index contributed by atoms with van der Waals surface area (Å²) in [5, 5.41) is 0. The summed E-state index contributed by atoms with van der Waals surface area (Å²) >= 11 is 3.25. The molecule has 0 fully saturated rings. The molecule has 0 bridgehead atoms. The Morgan fingerprint density at radius 2 is 1.76 bits per heavy atom. The molecule has 112 valence electrons. The molecule has 0 atom stereocenters. The van der Waals surface area contributed by atoms with Crippen molar-refractivity contribution in [2.75, 3.05) is 0 Å². The van der Waals surface area contributed by atoms with Crippen molar-refractivity contribution >= 4 is 15.9 Å². The van der Waals surface area contributed by atoms with Gasteiger partial charge in [0.1, 0.15) is 10.3 Å². The monoisotopic (exact) mass is 356 g/mol. The van der Waals surface area contributed by atoms with E-state index in [-0.39, 0.29) is 16.5 Å². The first-order chi connectivity index (χ1) is 9.70. The number of halogens is 3. The van der Waals surface area contributed by atoms with Crippen molar-refractivity contribution in [1.29, 1.82) is 0 Å². The Hall–Kier alpha value is -1.56. The van der Waals surface area contributed by atoms with Crippen LogP contribution in [0.3, 0.4) is 0 Å². The molecule has 2 aromatic rings. The van der Waals surface area contributed by atoms with Crippen molar-refractivity contribution in [3.63, 3.8) is 0 Å². The topological polar surface area (TPSA) is 45.8 Å². The van der Waals surface area contributed by atoms with Gasteiger partial charge in [0.25, 0.3) is 12.0 Å². The molecule has 1 N–H and O–H groups in total. The van der Waals surface area contributed by atoms with Crippen LogP contribution in [0.1, 0.15) is 38.5 Å². The highest BCUT2D eigenvalue weighted by Gasteiger charge is 2.22. The molecule has 6 heteroatoms. The number of benzene rings is 1. The van der Waals surface area contributed by atoms with E-state index in [2.05, 4.69) is 25.9 Å². The molecule has 0 saturated carbocycles. The number of rotatable bonds is 2. The van der Waals surface area contributed by atoms with Crippen LogP contribution in [-0.2, 0) is 5.41 Å². The molecule has 1 aromatic heterocycles. The normalized spacial score (nSPS) is 12.0. The summed E-state index contributed by atoms with van der Waals surface area (Å²) in [5.41, 5.74) is 0.552. The average Bonchev–Trinajstić information content (AvgIpc) is 2.40. The maximum atomic E-state index is 12.6. The van der Waals surface area contributed by atoms with Crippen molar-refractivity contribution in [2.24, 2.45) is 0 Å². The predicted octanol–water partition coefficient (Wildman–Crippen LogP) is 4.43. The molecule has 1 aromatic carbocycles. The van der Waals surface area contributed by atoms with Crippen molar-refractivity contribution in [1.82, 2.24) is 9.97 Å². The van der Waals surface area contributed by atoms with E-state index in [1.165, 1.54) is 24.3 Å². The van der Waals surface area contributed by atoms with Gasteiger partial charge in [0.2, 0.25) is 0 Å². The molecular weight excluding hydrogens is 342 g/mol. The molecule has 1 heterocycles. The van der Waals surface area contributed by atoms with Crippen LogP contribution >= 0.6 is 15.9 Å². The highest BCUT2D eigenvalue weighted by molar-refractivity contribution is 9.10. The molecule has 3 nitrogen and oxygen atoms in total. The number of aromatic nitrogens is 2. The summed E-state index contributed by atoms with van der Waals surface area (Å²) in [7, 11) is 0. The molecule has 0 saturated heterocycles. The zero-order valence-electron chi connectivity index (χ0n) is 11.9. The highest BCUT2D eigenvalue weighted by Crippen LogP contribution is 2.28. The number of hydrogen-bond donors (Lipinski definition) is 1. The van der Waals surface area contributed by atoms with Gasteiger partial charge in [0.05, 0.1) is 5.69 Å². The Labute approximate surface area is 129 Å². The van der Waals surface area contributed by atoms with Gasteiger partial charge in [-0.05, 0) is 15.9 Å². The van der Waals surface area contributed by atoms with Crippen molar-refractivity contribution < 1.29 is 8.78 Å². The zero-order chi connectivity index (χ0) is 15.8. The first-order valence-electron chi connectivity index (χ1n) is 6.39. The quantitative estimate of drug-likeness (QED) is 0.864. The van der Waals surface area contributed by atoms with Crippen LogP contribution < -0.4 is 5.56 Å². The SMILES string of the molecule is CC(C)(C)c1nc(-c2ccc(C(F)F)cc2)[nH]c(=O)c1Br. The molecule has 21 heavy (non-hydrogen) atoms. The van der Waals surface area contributed by atoms with Gasteiger partial charge >= 0.3 is 0 Å². The predicted molar refractivity (Wildman–Crippen MR) is 81.7 cm³/mol. The molecule has 2 rings (SSSR count). The number of aromatic amines is 1. The molecule has 0 radical (unpaired) electrons. The third-order valence-electron chi connectivity index (χ3n) is 3.01. The molecular formula is C15H15BrF2N2O. The first-order valence-corrected chi connectivity index (χ1v) is 7.18. The molecule has 0 amide bonds. The van der Waals surface area contributed by atoms with Crippen LogP contribution in [0.25, 0.3) is 11.4 Å². The molecule has 0 aliphatic rings. The molecule has 0 spiro atoms. The lowest BCUT2D eigenvalue weighted by atomic mass is 9.92. The molecule has 0 unspecified atom stereocenters. The van der Waals surface area contributed by atoms with E-state index in [1.54, 1.807) is 0 Å². The van der Waals surface area contributed by atoms with Gasteiger partial charge in [-0.3, -0.25) is 4.79 Å². The number of nitrogens with zero attached hydrogens (tertiary/aromatic N) is 1. The lowest BCUT2D eigenvalue weighted by Gasteiger charge is -2.19. The fourth-order valence-electron chi connectivity index (χ4n) is 1.88. The van der Waals surface area contributed by atoms with Crippen LogP contribution in [0.2, 0.25) is 0 Å². The van der Waals surface area contributed by atoms with E-state index >= 15 is 0 Å². The van der Waals surface area contributed by atoms with Gasteiger partial charge < -0.3 is 4.98 Å². The van der Waals surface area contributed by atoms with Crippen molar-refractivity contribution in [3.05, 3.63) is 50.3 Å². The Kier molecular flexibility index (Phi) is 4.27. The maximum absolute atomic E-state index is 12.6. The van der Waals surface area contributed by atoms with Gasteiger partial charge in [-0.1, -0.05) is 45.0 Å². The third kappa shape index (κ3) is 3.37. The summed E-state index contributed by atoms with van der Waals surface area (Å²) in [6, 6.07) is 5.72. The van der Waals surface area contributed by atoms with Gasteiger partial charge in [-0.2, -0.15) is 0 Å². The number of alkyl halides is 2. The fourth-order valence-corrected chi connectivity index (χ4v) is 2.66. The maximum Gasteiger partial charge on any atom is 0.265 e. The zero-order valence-corrected chi connectivity index (χ0v) is 13.5. The van der Waals surface area contributed by atoms with E-state index < -0.39 is 6.43 Å². The first kappa shape index (κ1) is 15.8. The van der Waals surface area contributed by atoms with E-state index in [1.807, 2.05) is 20.8 Å². The standard InChI is InChI=1S/C15H15BrF2N2O/c1-15(2,3)11-10(16)14(21)20-13(19-11)9-6-4-8(5-7-9)12(17)18/h4-7,12H,1-3H3,(H,19,20,21). The summed E-state index contributed by atoms with van der Waals surface area (Å²) < 4.78 is 25.5. The summed E-state index contributed by atoms with van der Waals surface area (Å²) in [5.74, 6) is 0.369. The second kappa shape index (κ2) is 5.67. The van der Waals surface area contributed by atoms with E-state index in [0.717, 1.165) is 0 Å². The minimum Gasteiger partial charge on any atom is -0.306 e. The highest BCUT2D eigenvalue weighted by atomic mass is 79.9. The smallest absolute Gasteiger partial charge is 0.265 e. The van der Waals surface area contributed by atoms with Crippen LogP contribution in [-0.4, -0.2) is 9.97 Å². The van der Waals surface area contributed by atoms with E-state index in [9.17, 15) is 13.6 Å².